The molecule has 1 amide bonds. The molecule has 0 aliphatic heterocycles. The molecule has 0 fully saturated rings. The van der Waals surface area contributed by atoms with E-state index in [0.717, 1.165) is 5.69 Å². The van der Waals surface area contributed by atoms with Crippen LogP contribution >= 0.6 is 0 Å². The zero-order valence-corrected chi connectivity index (χ0v) is 13.7. The Morgan fingerprint density at radius 1 is 1.00 bits per heavy atom. The maximum atomic E-state index is 12.1. The van der Waals surface area contributed by atoms with Gasteiger partial charge < -0.3 is 10.6 Å². The lowest BCUT2D eigenvalue weighted by Crippen LogP contribution is -2.40. The maximum Gasteiger partial charge on any atom is 0.270 e. The number of benzene rings is 1. The fourth-order valence-electron chi connectivity index (χ4n) is 2.15. The Kier molecular flexibility index (Phi) is 4.45. The highest BCUT2D eigenvalue weighted by atomic mass is 16.2. The average molecular weight is 298 g/mol. The van der Waals surface area contributed by atoms with Crippen molar-refractivity contribution >= 4 is 17.4 Å². The molecule has 1 aromatic heterocycles. The van der Waals surface area contributed by atoms with E-state index in [1.807, 2.05) is 46.8 Å². The molecule has 0 unspecified atom stereocenters. The summed E-state index contributed by atoms with van der Waals surface area (Å²) < 4.78 is 0. The van der Waals surface area contributed by atoms with Gasteiger partial charge in [-0.1, -0.05) is 6.07 Å². The van der Waals surface area contributed by atoms with Crippen LogP contribution in [0.15, 0.2) is 30.6 Å². The zero-order valence-electron chi connectivity index (χ0n) is 13.7. The first kappa shape index (κ1) is 15.9. The predicted molar refractivity (Wildman–Crippen MR) is 88.4 cm³/mol. The van der Waals surface area contributed by atoms with Crippen LogP contribution in [0.3, 0.4) is 0 Å². The van der Waals surface area contributed by atoms with Crippen LogP contribution in [0.25, 0.3) is 0 Å². The Hall–Kier alpha value is -2.43. The van der Waals surface area contributed by atoms with Crippen molar-refractivity contribution in [1.29, 1.82) is 0 Å². The number of aryl methyl sites for hydroxylation is 2. The molecule has 0 radical (unpaired) electrons. The molecule has 0 atom stereocenters. The molecule has 2 aromatic rings. The zero-order chi connectivity index (χ0) is 16.3. The van der Waals surface area contributed by atoms with Gasteiger partial charge in [0.05, 0.1) is 0 Å². The topological polar surface area (TPSA) is 66.9 Å². The van der Waals surface area contributed by atoms with E-state index in [9.17, 15) is 4.79 Å². The van der Waals surface area contributed by atoms with Crippen LogP contribution in [0.1, 0.15) is 42.4 Å². The standard InChI is InChI=1S/C17H22N4O/c1-11-6-12(2)8-13(7-11)20-15-9-14(18-10-19-15)16(22)21-17(3,4)5/h6-10H,1-5H3,(H,21,22)(H,18,19,20). The van der Waals surface area contributed by atoms with Crippen LogP contribution in [0.4, 0.5) is 11.5 Å². The number of anilines is 2. The number of carbonyl (C=O) groups excluding carboxylic acids is 1. The van der Waals surface area contributed by atoms with Crippen molar-refractivity contribution in [3.63, 3.8) is 0 Å². The fraction of sp³-hybridized carbons (Fsp3) is 0.353. The molecule has 116 valence electrons. The Morgan fingerprint density at radius 3 is 2.23 bits per heavy atom. The Bertz CT molecular complexity index is 669. The largest absolute Gasteiger partial charge is 0.346 e. The number of amides is 1. The van der Waals surface area contributed by atoms with Gasteiger partial charge in [-0.05, 0) is 57.9 Å². The molecule has 2 N–H and O–H groups in total. The molecule has 0 saturated heterocycles. The molecule has 0 aliphatic rings. The number of nitrogens with one attached hydrogen (secondary N) is 2. The van der Waals surface area contributed by atoms with Crippen molar-refractivity contribution in [3.05, 3.63) is 47.4 Å². The number of hydrogen-bond donors (Lipinski definition) is 2. The minimum absolute atomic E-state index is 0.210. The van der Waals surface area contributed by atoms with Crippen LogP contribution in [0, 0.1) is 13.8 Å². The summed E-state index contributed by atoms with van der Waals surface area (Å²) >= 11 is 0. The summed E-state index contributed by atoms with van der Waals surface area (Å²) in [6.45, 7) is 9.88. The fourth-order valence-corrected chi connectivity index (χ4v) is 2.15. The summed E-state index contributed by atoms with van der Waals surface area (Å²) in [6, 6.07) is 7.82. The van der Waals surface area contributed by atoms with Crippen LogP contribution in [0.5, 0.6) is 0 Å². The highest BCUT2D eigenvalue weighted by Crippen LogP contribution is 2.18. The smallest absolute Gasteiger partial charge is 0.270 e. The molecule has 2 rings (SSSR count). The van der Waals surface area contributed by atoms with E-state index in [0.29, 0.717) is 11.5 Å². The SMILES string of the molecule is Cc1cc(C)cc(Nc2cc(C(=O)NC(C)(C)C)ncn2)c1. The van der Waals surface area contributed by atoms with E-state index in [1.165, 1.54) is 17.5 Å². The van der Waals surface area contributed by atoms with E-state index in [2.05, 4.69) is 26.7 Å². The van der Waals surface area contributed by atoms with Crippen LogP contribution in [-0.4, -0.2) is 21.4 Å². The van der Waals surface area contributed by atoms with Crippen molar-refractivity contribution in [2.45, 2.75) is 40.2 Å². The number of aromatic nitrogens is 2. The molecule has 22 heavy (non-hydrogen) atoms. The Labute approximate surface area is 131 Å². The van der Waals surface area contributed by atoms with Gasteiger partial charge in [-0.3, -0.25) is 4.79 Å². The molecule has 5 nitrogen and oxygen atoms in total. The third kappa shape index (κ3) is 4.55. The molecule has 1 aromatic carbocycles. The lowest BCUT2D eigenvalue weighted by Gasteiger charge is -2.20. The first-order chi connectivity index (χ1) is 10.2. The second-order valence-electron chi connectivity index (χ2n) is 6.49. The van der Waals surface area contributed by atoms with Gasteiger partial charge in [0.15, 0.2) is 0 Å². The highest BCUT2D eigenvalue weighted by Gasteiger charge is 2.16. The van der Waals surface area contributed by atoms with Crippen molar-refractivity contribution in [3.8, 4) is 0 Å². The van der Waals surface area contributed by atoms with Gasteiger partial charge in [0.25, 0.3) is 5.91 Å². The second kappa shape index (κ2) is 6.13. The second-order valence-corrected chi connectivity index (χ2v) is 6.49. The maximum absolute atomic E-state index is 12.1. The normalized spacial score (nSPS) is 11.1. The highest BCUT2D eigenvalue weighted by molar-refractivity contribution is 5.93. The van der Waals surface area contributed by atoms with Crippen molar-refractivity contribution < 1.29 is 4.79 Å². The Balaban J connectivity index is 2.19. The molecule has 1 heterocycles. The van der Waals surface area contributed by atoms with Crippen molar-refractivity contribution in [1.82, 2.24) is 15.3 Å². The summed E-state index contributed by atoms with van der Waals surface area (Å²) in [7, 11) is 0. The van der Waals surface area contributed by atoms with Crippen molar-refractivity contribution in [2.75, 3.05) is 5.32 Å². The monoisotopic (exact) mass is 298 g/mol. The van der Waals surface area contributed by atoms with Crippen molar-refractivity contribution in [2.24, 2.45) is 0 Å². The number of carbonyl (C=O) groups is 1. The minimum Gasteiger partial charge on any atom is -0.346 e. The van der Waals surface area contributed by atoms with E-state index in [1.54, 1.807) is 6.07 Å². The molecular weight excluding hydrogens is 276 g/mol. The lowest BCUT2D eigenvalue weighted by molar-refractivity contribution is 0.0914. The van der Waals surface area contributed by atoms with Gasteiger partial charge in [-0.2, -0.15) is 0 Å². The molecule has 0 spiro atoms. The molecule has 0 saturated carbocycles. The summed E-state index contributed by atoms with van der Waals surface area (Å²) in [5.41, 5.74) is 3.32. The van der Waals surface area contributed by atoms with Gasteiger partial charge in [-0.15, -0.1) is 0 Å². The first-order valence-electron chi connectivity index (χ1n) is 7.23. The number of rotatable bonds is 3. The average Bonchev–Trinajstić information content (AvgIpc) is 2.35. The summed E-state index contributed by atoms with van der Waals surface area (Å²) in [5, 5.41) is 6.10. The van der Waals surface area contributed by atoms with Gasteiger partial charge in [-0.25, -0.2) is 9.97 Å². The van der Waals surface area contributed by atoms with Crippen LogP contribution < -0.4 is 10.6 Å². The summed E-state index contributed by atoms with van der Waals surface area (Å²) in [6.07, 6.45) is 1.39. The van der Waals surface area contributed by atoms with Gasteiger partial charge >= 0.3 is 0 Å². The van der Waals surface area contributed by atoms with Gasteiger partial charge in [0.2, 0.25) is 0 Å². The van der Waals surface area contributed by atoms with E-state index in [-0.39, 0.29) is 11.4 Å². The molecule has 0 bridgehead atoms. The number of nitrogens with zero attached hydrogens (tertiary/aromatic N) is 2. The summed E-state index contributed by atoms with van der Waals surface area (Å²) in [4.78, 5) is 20.4. The molecule has 5 heteroatoms. The minimum atomic E-state index is -0.302. The lowest BCUT2D eigenvalue weighted by atomic mass is 10.1. The van der Waals surface area contributed by atoms with E-state index >= 15 is 0 Å². The van der Waals surface area contributed by atoms with Gasteiger partial charge in [0, 0.05) is 17.3 Å². The van der Waals surface area contributed by atoms with Crippen LogP contribution in [-0.2, 0) is 0 Å². The first-order valence-corrected chi connectivity index (χ1v) is 7.23. The Morgan fingerprint density at radius 2 is 1.64 bits per heavy atom. The third-order valence-electron chi connectivity index (χ3n) is 2.88. The molecular formula is C17H22N4O. The van der Waals surface area contributed by atoms with Gasteiger partial charge in [0.1, 0.15) is 17.8 Å². The number of hydrogen-bond acceptors (Lipinski definition) is 4. The van der Waals surface area contributed by atoms with E-state index in [4.69, 9.17) is 0 Å². The third-order valence-corrected chi connectivity index (χ3v) is 2.88. The van der Waals surface area contributed by atoms with Crippen LogP contribution in [0.2, 0.25) is 0 Å². The van der Waals surface area contributed by atoms with E-state index < -0.39 is 0 Å². The molecule has 0 aliphatic carbocycles. The summed E-state index contributed by atoms with van der Waals surface area (Å²) in [5.74, 6) is 0.387. The predicted octanol–water partition coefficient (Wildman–Crippen LogP) is 3.37. The quantitative estimate of drug-likeness (QED) is 0.911.